The number of aromatic carboxylic acids is 1. The number of Topliss-reactive ketones (excluding diaryl/α,β-unsaturated/α-hetero) is 1. The minimum absolute atomic E-state index is 0.263. The van der Waals surface area contributed by atoms with E-state index in [1.54, 1.807) is 0 Å². The van der Waals surface area contributed by atoms with Crippen molar-refractivity contribution in [3.8, 4) is 5.75 Å². The monoisotopic (exact) mass is 395 g/mol. The van der Waals surface area contributed by atoms with Gasteiger partial charge in [0.2, 0.25) is 5.78 Å². The van der Waals surface area contributed by atoms with Crippen LogP contribution in [0.2, 0.25) is 0 Å². The summed E-state index contributed by atoms with van der Waals surface area (Å²) < 4.78 is 42.4. The Morgan fingerprint density at radius 3 is 2.25 bits per heavy atom. The van der Waals surface area contributed by atoms with Crippen molar-refractivity contribution in [1.82, 2.24) is 0 Å². The maximum Gasteiger partial charge on any atom is 0.416 e. The first-order valence-corrected chi connectivity index (χ1v) is 8.08. The van der Waals surface area contributed by atoms with Gasteiger partial charge >= 0.3 is 18.1 Å². The van der Waals surface area contributed by atoms with Crippen molar-refractivity contribution in [2.45, 2.75) is 19.5 Å². The lowest BCUT2D eigenvalue weighted by Gasteiger charge is -2.11. The topological polar surface area (TPSA) is 92.7 Å². The number of carboxylic acid groups (broad SMARTS) is 1. The third kappa shape index (κ3) is 5.57. The molecule has 6 nitrogen and oxygen atoms in total. The average molecular weight is 395 g/mol. The zero-order valence-corrected chi connectivity index (χ0v) is 14.7. The Hall–Kier alpha value is -3.36. The molecule has 0 saturated carbocycles. The highest BCUT2D eigenvalue weighted by Gasteiger charge is 2.29. The van der Waals surface area contributed by atoms with E-state index in [0.29, 0.717) is 24.2 Å². The molecule has 2 rings (SSSR count). The first kappa shape index (κ1) is 20.9. The summed E-state index contributed by atoms with van der Waals surface area (Å²) in [5, 5.41) is 12.2. The van der Waals surface area contributed by atoms with E-state index in [4.69, 9.17) is 4.74 Å². The van der Waals surface area contributed by atoms with Crippen LogP contribution >= 0.6 is 0 Å². The number of rotatable bonds is 7. The first-order valence-electron chi connectivity index (χ1n) is 8.08. The molecule has 0 spiro atoms. The van der Waals surface area contributed by atoms with Crippen LogP contribution in [0, 0.1) is 0 Å². The molecule has 0 aliphatic carbocycles. The number of esters is 1. The van der Waals surface area contributed by atoms with E-state index in [1.807, 2.05) is 0 Å². The average Bonchev–Trinajstić information content (AvgIpc) is 2.62. The van der Waals surface area contributed by atoms with Gasteiger partial charge in [0.15, 0.2) is 0 Å². The summed E-state index contributed by atoms with van der Waals surface area (Å²) in [7, 11) is 0. The molecule has 0 aliphatic rings. The molecule has 2 aromatic carbocycles. The highest BCUT2D eigenvalue weighted by atomic mass is 19.4. The number of halogens is 3. The van der Waals surface area contributed by atoms with Crippen LogP contribution in [0.25, 0.3) is 0 Å². The van der Waals surface area contributed by atoms with Crippen molar-refractivity contribution < 1.29 is 37.4 Å². The molecule has 2 N–H and O–H groups in total. The van der Waals surface area contributed by atoms with E-state index < -0.39 is 29.5 Å². The SMILES string of the molecule is CC(=O)C(=O)Oc1ccc(NCCc2ccc(C(F)(F)F)cc2)cc1C(=O)O. The Labute approximate surface area is 157 Å². The van der Waals surface area contributed by atoms with E-state index in [1.165, 1.54) is 30.3 Å². The molecule has 2 aromatic rings. The fourth-order valence-electron chi connectivity index (χ4n) is 2.28. The number of alkyl halides is 3. The van der Waals surface area contributed by atoms with Gasteiger partial charge in [-0.1, -0.05) is 12.1 Å². The van der Waals surface area contributed by atoms with Crippen molar-refractivity contribution in [3.05, 3.63) is 59.2 Å². The molecule has 0 radical (unpaired) electrons. The molecule has 0 heterocycles. The predicted octanol–water partition coefficient (Wildman–Crippen LogP) is 3.55. The number of carbonyl (C=O) groups excluding carboxylic acids is 2. The Bertz CT molecular complexity index is 891. The fourth-order valence-corrected chi connectivity index (χ4v) is 2.28. The summed E-state index contributed by atoms with van der Waals surface area (Å²) in [6, 6.07) is 8.67. The Morgan fingerprint density at radius 1 is 1.07 bits per heavy atom. The molecule has 9 heteroatoms. The summed E-state index contributed by atoms with van der Waals surface area (Å²) in [6.45, 7) is 1.33. The van der Waals surface area contributed by atoms with Crippen LogP contribution in [0.15, 0.2) is 42.5 Å². The summed E-state index contributed by atoms with van der Waals surface area (Å²) in [4.78, 5) is 33.6. The largest absolute Gasteiger partial charge is 0.478 e. The van der Waals surface area contributed by atoms with Crippen molar-refractivity contribution in [2.24, 2.45) is 0 Å². The molecule has 0 bridgehead atoms. The van der Waals surface area contributed by atoms with Gasteiger partial charge in [-0.05, 0) is 42.3 Å². The van der Waals surface area contributed by atoms with Crippen LogP contribution in [0.3, 0.4) is 0 Å². The first-order chi connectivity index (χ1) is 13.1. The van der Waals surface area contributed by atoms with Gasteiger partial charge in [0, 0.05) is 19.2 Å². The van der Waals surface area contributed by atoms with Crippen molar-refractivity contribution >= 4 is 23.4 Å². The van der Waals surface area contributed by atoms with Crippen LogP contribution in [0.4, 0.5) is 18.9 Å². The van der Waals surface area contributed by atoms with Gasteiger partial charge in [0.25, 0.3) is 0 Å². The predicted molar refractivity (Wildman–Crippen MR) is 93.4 cm³/mol. The summed E-state index contributed by atoms with van der Waals surface area (Å²) in [5.74, 6) is -3.65. The number of anilines is 1. The van der Waals surface area contributed by atoms with E-state index in [-0.39, 0.29) is 11.3 Å². The molecule has 0 amide bonds. The Kier molecular flexibility index (Phi) is 6.40. The standard InChI is InChI=1S/C19H16F3NO5/c1-11(24)18(27)28-16-7-6-14(10-15(16)17(25)26)23-9-8-12-2-4-13(5-3-12)19(20,21)22/h2-7,10,23H,8-9H2,1H3,(H,25,26). The molecule has 0 aliphatic heterocycles. The van der Waals surface area contributed by atoms with Gasteiger partial charge in [-0.2, -0.15) is 13.2 Å². The minimum atomic E-state index is -4.39. The van der Waals surface area contributed by atoms with Crippen LogP contribution in [-0.4, -0.2) is 29.4 Å². The summed E-state index contributed by atoms with van der Waals surface area (Å²) in [5.41, 5.74) is 0.0399. The Morgan fingerprint density at radius 2 is 1.71 bits per heavy atom. The maximum atomic E-state index is 12.5. The second kappa shape index (κ2) is 8.55. The van der Waals surface area contributed by atoms with Crippen LogP contribution in [0.1, 0.15) is 28.4 Å². The molecule has 0 atom stereocenters. The number of benzene rings is 2. The van der Waals surface area contributed by atoms with Gasteiger partial charge in [-0.3, -0.25) is 4.79 Å². The zero-order valence-electron chi connectivity index (χ0n) is 14.7. The lowest BCUT2D eigenvalue weighted by molar-refractivity contribution is -0.146. The molecule has 0 saturated heterocycles. The number of nitrogens with one attached hydrogen (secondary N) is 1. The highest BCUT2D eigenvalue weighted by Crippen LogP contribution is 2.29. The molecular weight excluding hydrogens is 379 g/mol. The molecule has 0 unspecified atom stereocenters. The number of carbonyl (C=O) groups is 3. The van der Waals surface area contributed by atoms with Crippen LogP contribution in [0.5, 0.6) is 5.75 Å². The van der Waals surface area contributed by atoms with Crippen molar-refractivity contribution in [3.63, 3.8) is 0 Å². The summed E-state index contributed by atoms with van der Waals surface area (Å²) in [6.07, 6.45) is -3.99. The second-order valence-electron chi connectivity index (χ2n) is 5.83. The fraction of sp³-hybridized carbons (Fsp3) is 0.211. The van der Waals surface area contributed by atoms with Gasteiger partial charge in [0.05, 0.1) is 5.56 Å². The van der Waals surface area contributed by atoms with Gasteiger partial charge in [-0.25, -0.2) is 9.59 Å². The van der Waals surface area contributed by atoms with Crippen LogP contribution < -0.4 is 10.1 Å². The normalized spacial score (nSPS) is 11.0. The number of hydrogen-bond acceptors (Lipinski definition) is 5. The number of ether oxygens (including phenoxy) is 1. The lowest BCUT2D eigenvalue weighted by Crippen LogP contribution is -2.18. The smallest absolute Gasteiger partial charge is 0.416 e. The molecule has 148 valence electrons. The number of ketones is 1. The van der Waals surface area contributed by atoms with E-state index in [0.717, 1.165) is 19.1 Å². The van der Waals surface area contributed by atoms with Gasteiger partial charge < -0.3 is 15.2 Å². The molecule has 0 fully saturated rings. The third-order valence-electron chi connectivity index (χ3n) is 3.72. The number of carboxylic acids is 1. The van der Waals surface area contributed by atoms with Gasteiger partial charge in [-0.15, -0.1) is 0 Å². The third-order valence-corrected chi connectivity index (χ3v) is 3.72. The van der Waals surface area contributed by atoms with E-state index >= 15 is 0 Å². The zero-order chi connectivity index (χ0) is 20.9. The van der Waals surface area contributed by atoms with E-state index in [9.17, 15) is 32.7 Å². The quantitative estimate of drug-likeness (QED) is 0.423. The van der Waals surface area contributed by atoms with Gasteiger partial charge in [0.1, 0.15) is 11.3 Å². The van der Waals surface area contributed by atoms with Crippen molar-refractivity contribution in [2.75, 3.05) is 11.9 Å². The molecule has 28 heavy (non-hydrogen) atoms. The molecule has 0 aromatic heterocycles. The highest BCUT2D eigenvalue weighted by molar-refractivity contribution is 6.33. The van der Waals surface area contributed by atoms with Crippen molar-refractivity contribution in [1.29, 1.82) is 0 Å². The number of hydrogen-bond donors (Lipinski definition) is 2. The van der Waals surface area contributed by atoms with Crippen LogP contribution in [-0.2, 0) is 22.2 Å². The lowest BCUT2D eigenvalue weighted by atomic mass is 10.1. The van der Waals surface area contributed by atoms with E-state index in [2.05, 4.69) is 5.32 Å². The minimum Gasteiger partial charge on any atom is -0.478 e. The Balaban J connectivity index is 2.02. The maximum absolute atomic E-state index is 12.5. The molecular formula is C19H16F3NO5. The second-order valence-corrected chi connectivity index (χ2v) is 5.83. The summed E-state index contributed by atoms with van der Waals surface area (Å²) >= 11 is 0.